The second-order valence-corrected chi connectivity index (χ2v) is 8.39. The third-order valence-corrected chi connectivity index (χ3v) is 4.58. The smallest absolute Gasteiger partial charge is 0.124 e. The molecule has 126 valence electrons. The molecule has 22 heavy (non-hydrogen) atoms. The quantitative estimate of drug-likeness (QED) is 0.833. The van der Waals surface area contributed by atoms with E-state index in [1.807, 2.05) is 0 Å². The van der Waals surface area contributed by atoms with Crippen LogP contribution in [0.15, 0.2) is 6.07 Å². The fourth-order valence-electron chi connectivity index (χ4n) is 3.04. The molecule has 0 heterocycles. The molecule has 0 spiro atoms. The maximum Gasteiger partial charge on any atom is 0.124 e. The van der Waals surface area contributed by atoms with Crippen LogP contribution in [0.4, 0.5) is 0 Å². The molecule has 1 N–H and O–H groups in total. The number of phenols is 1. The maximum atomic E-state index is 10.9. The Kier molecular flexibility index (Phi) is 5.72. The van der Waals surface area contributed by atoms with Crippen LogP contribution in [0.2, 0.25) is 0 Å². The lowest BCUT2D eigenvalue weighted by Crippen LogP contribution is -2.25. The van der Waals surface area contributed by atoms with Gasteiger partial charge in [0.25, 0.3) is 0 Å². The van der Waals surface area contributed by atoms with E-state index in [0.717, 1.165) is 30.8 Å². The third-order valence-electron chi connectivity index (χ3n) is 4.58. The molecule has 0 aliphatic heterocycles. The number of hydrogen-bond acceptors (Lipinski definition) is 2. The highest BCUT2D eigenvalue weighted by molar-refractivity contribution is 5.53. The molecule has 0 bridgehead atoms. The summed E-state index contributed by atoms with van der Waals surface area (Å²) in [5.41, 5.74) is 4.76. The Morgan fingerprint density at radius 2 is 1.36 bits per heavy atom. The van der Waals surface area contributed by atoms with Crippen LogP contribution >= 0.6 is 0 Å². The van der Waals surface area contributed by atoms with Crippen LogP contribution < -0.4 is 0 Å². The summed E-state index contributed by atoms with van der Waals surface area (Å²) in [5.74, 6) is 0.491. The Hall–Kier alpha value is -1.02. The lowest BCUT2D eigenvalue weighted by Gasteiger charge is -2.31. The zero-order chi connectivity index (χ0) is 17.3. The Labute approximate surface area is 137 Å². The number of nitrogens with zero attached hydrogens (tertiary/aromatic N) is 1. The molecule has 0 saturated carbocycles. The summed E-state index contributed by atoms with van der Waals surface area (Å²) < 4.78 is 0. The summed E-state index contributed by atoms with van der Waals surface area (Å²) in [6.07, 6.45) is 0. The van der Waals surface area contributed by atoms with Gasteiger partial charge in [0.15, 0.2) is 0 Å². The van der Waals surface area contributed by atoms with E-state index in [4.69, 9.17) is 0 Å². The van der Waals surface area contributed by atoms with Gasteiger partial charge >= 0.3 is 0 Å². The molecule has 2 heteroatoms. The van der Waals surface area contributed by atoms with Crippen molar-refractivity contribution in [2.45, 2.75) is 79.7 Å². The molecule has 0 aromatic heterocycles. The van der Waals surface area contributed by atoms with Crippen LogP contribution in [-0.2, 0) is 17.4 Å². The van der Waals surface area contributed by atoms with Gasteiger partial charge in [-0.1, -0.05) is 61.5 Å². The number of rotatable bonds is 4. The van der Waals surface area contributed by atoms with Crippen LogP contribution in [-0.4, -0.2) is 23.1 Å². The molecule has 0 radical (unpaired) electrons. The van der Waals surface area contributed by atoms with Crippen molar-refractivity contribution in [3.8, 4) is 5.75 Å². The predicted octanol–water partition coefficient (Wildman–Crippen LogP) is 5.14. The Morgan fingerprint density at radius 3 is 1.73 bits per heavy atom. The average Bonchev–Trinajstić information content (AvgIpc) is 2.36. The highest BCUT2D eigenvalue weighted by Gasteiger charge is 2.27. The van der Waals surface area contributed by atoms with E-state index >= 15 is 0 Å². The highest BCUT2D eigenvalue weighted by atomic mass is 16.3. The van der Waals surface area contributed by atoms with E-state index in [1.165, 1.54) is 11.1 Å². The number of benzene rings is 1. The van der Waals surface area contributed by atoms with Crippen molar-refractivity contribution in [3.05, 3.63) is 28.3 Å². The van der Waals surface area contributed by atoms with Crippen molar-refractivity contribution < 1.29 is 5.11 Å². The van der Waals surface area contributed by atoms with Gasteiger partial charge in [0, 0.05) is 12.1 Å². The second kappa shape index (κ2) is 6.62. The van der Waals surface area contributed by atoms with E-state index in [1.54, 1.807) is 0 Å². The zero-order valence-corrected chi connectivity index (χ0v) is 16.1. The minimum atomic E-state index is -0.0597. The molecule has 0 fully saturated rings. The first-order chi connectivity index (χ1) is 9.93. The zero-order valence-electron chi connectivity index (χ0n) is 16.1. The summed E-state index contributed by atoms with van der Waals surface area (Å²) in [5, 5.41) is 10.9. The van der Waals surface area contributed by atoms with E-state index in [9.17, 15) is 5.11 Å². The Balaban J connectivity index is 3.59. The van der Waals surface area contributed by atoms with Gasteiger partial charge in [-0.2, -0.15) is 0 Å². The molecule has 0 aliphatic rings. The average molecular weight is 306 g/mol. The topological polar surface area (TPSA) is 23.5 Å². The van der Waals surface area contributed by atoms with Crippen molar-refractivity contribution in [2.75, 3.05) is 13.1 Å². The minimum absolute atomic E-state index is 0.0597. The molecule has 2 nitrogen and oxygen atoms in total. The van der Waals surface area contributed by atoms with Crippen molar-refractivity contribution in [1.82, 2.24) is 4.90 Å². The van der Waals surface area contributed by atoms with E-state index in [0.29, 0.717) is 5.75 Å². The van der Waals surface area contributed by atoms with E-state index in [2.05, 4.69) is 73.3 Å². The van der Waals surface area contributed by atoms with Crippen molar-refractivity contribution in [3.63, 3.8) is 0 Å². The number of hydrogen-bond donors (Lipinski definition) is 1. The SMILES string of the molecule is CCN(CC)Cc1c(C)c(C(C)(C)C)cc(C(C)(C)C)c1O. The molecular formula is C20H35NO. The molecule has 0 unspecified atom stereocenters. The Bertz CT molecular complexity index is 476. The predicted molar refractivity (Wildman–Crippen MR) is 96.9 cm³/mol. The van der Waals surface area contributed by atoms with Crippen LogP contribution in [0.5, 0.6) is 5.75 Å². The fraction of sp³-hybridized carbons (Fsp3) is 0.700. The number of aromatic hydroxyl groups is 1. The lowest BCUT2D eigenvalue weighted by atomic mass is 9.76. The van der Waals surface area contributed by atoms with Gasteiger partial charge in [0.1, 0.15) is 5.75 Å². The van der Waals surface area contributed by atoms with E-state index in [-0.39, 0.29) is 10.8 Å². The fourth-order valence-corrected chi connectivity index (χ4v) is 3.04. The van der Waals surface area contributed by atoms with Crippen LogP contribution in [0.3, 0.4) is 0 Å². The van der Waals surface area contributed by atoms with Gasteiger partial charge in [-0.05, 0) is 47.5 Å². The molecule has 1 aromatic rings. The minimum Gasteiger partial charge on any atom is -0.507 e. The van der Waals surface area contributed by atoms with Gasteiger partial charge in [-0.3, -0.25) is 4.90 Å². The normalized spacial score (nSPS) is 13.0. The first-order valence-corrected chi connectivity index (χ1v) is 8.52. The highest BCUT2D eigenvalue weighted by Crippen LogP contribution is 2.40. The monoisotopic (exact) mass is 305 g/mol. The van der Waals surface area contributed by atoms with Crippen molar-refractivity contribution in [1.29, 1.82) is 0 Å². The summed E-state index contributed by atoms with van der Waals surface area (Å²) in [7, 11) is 0. The van der Waals surface area contributed by atoms with Crippen LogP contribution in [0.1, 0.15) is 77.6 Å². The summed E-state index contributed by atoms with van der Waals surface area (Å²) in [6, 6.07) is 2.22. The molecule has 0 amide bonds. The third kappa shape index (κ3) is 4.04. The van der Waals surface area contributed by atoms with Crippen molar-refractivity contribution in [2.24, 2.45) is 0 Å². The molecule has 0 atom stereocenters. The maximum absolute atomic E-state index is 10.9. The first-order valence-electron chi connectivity index (χ1n) is 8.52. The van der Waals surface area contributed by atoms with Gasteiger partial charge in [-0.25, -0.2) is 0 Å². The molecular weight excluding hydrogens is 270 g/mol. The van der Waals surface area contributed by atoms with Gasteiger partial charge in [0.05, 0.1) is 0 Å². The first kappa shape index (κ1) is 19.0. The van der Waals surface area contributed by atoms with Gasteiger partial charge in [0.2, 0.25) is 0 Å². The largest absolute Gasteiger partial charge is 0.507 e. The van der Waals surface area contributed by atoms with Gasteiger partial charge < -0.3 is 5.11 Å². The summed E-state index contributed by atoms with van der Waals surface area (Å²) in [4.78, 5) is 2.36. The molecule has 0 saturated heterocycles. The Morgan fingerprint density at radius 1 is 0.909 bits per heavy atom. The lowest BCUT2D eigenvalue weighted by molar-refractivity contribution is 0.288. The number of phenolic OH excluding ortho intramolecular Hbond substituents is 1. The molecule has 1 aromatic carbocycles. The van der Waals surface area contributed by atoms with Crippen LogP contribution in [0.25, 0.3) is 0 Å². The van der Waals surface area contributed by atoms with E-state index < -0.39 is 0 Å². The van der Waals surface area contributed by atoms with Crippen LogP contribution in [0, 0.1) is 6.92 Å². The van der Waals surface area contributed by atoms with Crippen molar-refractivity contribution >= 4 is 0 Å². The summed E-state index contributed by atoms with van der Waals surface area (Å²) >= 11 is 0. The second-order valence-electron chi connectivity index (χ2n) is 8.39. The van der Waals surface area contributed by atoms with Gasteiger partial charge in [-0.15, -0.1) is 0 Å². The molecule has 0 aliphatic carbocycles. The summed E-state index contributed by atoms with van der Waals surface area (Å²) in [6.45, 7) is 22.6. The molecule has 1 rings (SSSR count). The standard InChI is InChI=1S/C20H35NO/c1-10-21(11-2)13-15-14(3)16(19(4,5)6)12-17(18(15)22)20(7,8)9/h12,22H,10-11,13H2,1-9H3.